The Morgan fingerprint density at radius 3 is 2.25 bits per heavy atom. The summed E-state index contributed by atoms with van der Waals surface area (Å²) >= 11 is 6.00. The molecule has 0 spiro atoms. The molecule has 1 amide bonds. The van der Waals surface area contributed by atoms with Crippen molar-refractivity contribution in [3.8, 4) is 0 Å². The maximum absolute atomic E-state index is 13.0. The van der Waals surface area contributed by atoms with Crippen LogP contribution in [0.15, 0.2) is 83.8 Å². The van der Waals surface area contributed by atoms with Crippen LogP contribution in [0.5, 0.6) is 0 Å². The summed E-state index contributed by atoms with van der Waals surface area (Å²) in [5.41, 5.74) is 0.933. The van der Waals surface area contributed by atoms with Crippen LogP contribution in [0.1, 0.15) is 22.0 Å². The van der Waals surface area contributed by atoms with E-state index in [2.05, 4.69) is 5.32 Å². The second-order valence-corrected chi connectivity index (χ2v) is 6.69. The molecular weight excluding hydrogens is 376 g/mol. The summed E-state index contributed by atoms with van der Waals surface area (Å²) in [5.74, 6) is -1.02. The van der Waals surface area contributed by atoms with E-state index in [0.717, 1.165) is 10.1 Å². The van der Waals surface area contributed by atoms with Crippen LogP contribution in [0.3, 0.4) is 0 Å². The Kier molecular flexibility index (Phi) is 6.40. The highest BCUT2D eigenvalue weighted by molar-refractivity contribution is 6.30. The van der Waals surface area contributed by atoms with Gasteiger partial charge in [0.1, 0.15) is 0 Å². The molecule has 3 rings (SSSR count). The number of Topliss-reactive ketones (excluding diaryl/α,β-unsaturated/α-hetero) is 1. The van der Waals surface area contributed by atoms with Crippen LogP contribution in [-0.4, -0.2) is 22.8 Å². The lowest BCUT2D eigenvalue weighted by Gasteiger charge is -2.19. The van der Waals surface area contributed by atoms with Crippen molar-refractivity contribution in [1.82, 2.24) is 9.88 Å². The predicted octanol–water partition coefficient (Wildman–Crippen LogP) is 3.28. The molecule has 1 N–H and O–H groups in total. The summed E-state index contributed by atoms with van der Waals surface area (Å²) in [6, 6.07) is 19.4. The van der Waals surface area contributed by atoms with Gasteiger partial charge in [0.2, 0.25) is 0 Å². The van der Waals surface area contributed by atoms with Crippen molar-refractivity contribution in [2.75, 3.05) is 6.54 Å². The van der Waals surface area contributed by atoms with E-state index < -0.39 is 23.3 Å². The first-order chi connectivity index (χ1) is 13.6. The van der Waals surface area contributed by atoms with E-state index in [1.165, 1.54) is 18.3 Å². The average Bonchev–Trinajstić information content (AvgIpc) is 2.72. The van der Waals surface area contributed by atoms with Crippen molar-refractivity contribution in [1.29, 1.82) is 0 Å². The summed E-state index contributed by atoms with van der Waals surface area (Å²) in [7, 11) is 0. The van der Waals surface area contributed by atoms with Gasteiger partial charge in [-0.3, -0.25) is 19.0 Å². The number of benzene rings is 2. The molecule has 1 heterocycles. The van der Waals surface area contributed by atoms with Gasteiger partial charge in [-0.15, -0.1) is 0 Å². The Hall–Kier alpha value is -3.18. The van der Waals surface area contributed by atoms with Gasteiger partial charge in [0.05, 0.1) is 5.02 Å². The van der Waals surface area contributed by atoms with Crippen molar-refractivity contribution in [2.45, 2.75) is 12.5 Å². The van der Waals surface area contributed by atoms with Crippen LogP contribution in [0.25, 0.3) is 0 Å². The van der Waals surface area contributed by atoms with Crippen LogP contribution < -0.4 is 10.9 Å². The van der Waals surface area contributed by atoms with Crippen molar-refractivity contribution < 1.29 is 9.59 Å². The number of ketones is 1. The molecule has 1 aromatic heterocycles. The van der Waals surface area contributed by atoms with Gasteiger partial charge >= 0.3 is 0 Å². The average molecular weight is 395 g/mol. The molecule has 5 nitrogen and oxygen atoms in total. The van der Waals surface area contributed by atoms with Crippen LogP contribution in [0.2, 0.25) is 5.02 Å². The monoisotopic (exact) mass is 394 g/mol. The maximum atomic E-state index is 13.0. The second kappa shape index (κ2) is 9.15. The van der Waals surface area contributed by atoms with Crippen molar-refractivity contribution in [3.05, 3.63) is 105 Å². The zero-order valence-electron chi connectivity index (χ0n) is 15.0. The highest BCUT2D eigenvalue weighted by Gasteiger charge is 2.30. The first-order valence-corrected chi connectivity index (χ1v) is 9.22. The first-order valence-electron chi connectivity index (χ1n) is 8.85. The molecule has 28 heavy (non-hydrogen) atoms. The fraction of sp³-hybridized carbons (Fsp3) is 0.136. The number of nitrogens with one attached hydrogen (secondary N) is 1. The molecule has 0 saturated carbocycles. The third-order valence-electron chi connectivity index (χ3n) is 4.29. The molecule has 142 valence electrons. The molecule has 0 bridgehead atoms. The standard InChI is InChI=1S/C22H19ClN2O3/c23-18-11-12-19(26)25(15-18)20(21(27)17-9-5-2-6-10-17)22(28)24-14-13-16-7-3-1-4-8-16/h1-12,15,20H,13-14H2,(H,24,28)/t20-/m0/s1. The fourth-order valence-electron chi connectivity index (χ4n) is 2.88. The van der Waals surface area contributed by atoms with Crippen molar-refractivity contribution >= 4 is 23.3 Å². The van der Waals surface area contributed by atoms with Gasteiger partial charge in [-0.1, -0.05) is 72.3 Å². The molecule has 0 radical (unpaired) electrons. The molecule has 0 unspecified atom stereocenters. The number of carbonyl (C=O) groups excluding carboxylic acids is 2. The van der Waals surface area contributed by atoms with E-state index in [1.54, 1.807) is 30.3 Å². The Morgan fingerprint density at radius 1 is 0.929 bits per heavy atom. The lowest BCUT2D eigenvalue weighted by atomic mass is 10.0. The summed E-state index contributed by atoms with van der Waals surface area (Å²) in [5, 5.41) is 3.03. The predicted molar refractivity (Wildman–Crippen MR) is 109 cm³/mol. The number of rotatable bonds is 7. The summed E-state index contributed by atoms with van der Waals surface area (Å²) in [6.45, 7) is 0.344. The van der Waals surface area contributed by atoms with Crippen molar-refractivity contribution in [2.24, 2.45) is 0 Å². The topological polar surface area (TPSA) is 68.2 Å². The molecule has 0 fully saturated rings. The number of hydrogen-bond acceptors (Lipinski definition) is 3. The van der Waals surface area contributed by atoms with Crippen LogP contribution in [0, 0.1) is 0 Å². The number of aromatic nitrogens is 1. The molecule has 0 saturated heterocycles. The van der Waals surface area contributed by atoms with E-state index in [-0.39, 0.29) is 5.02 Å². The Labute approximate surface area is 167 Å². The number of nitrogens with zero attached hydrogens (tertiary/aromatic N) is 1. The van der Waals surface area contributed by atoms with E-state index in [9.17, 15) is 14.4 Å². The van der Waals surface area contributed by atoms with Crippen LogP contribution in [0.4, 0.5) is 0 Å². The number of amides is 1. The highest BCUT2D eigenvalue weighted by atomic mass is 35.5. The smallest absolute Gasteiger partial charge is 0.251 e. The molecule has 0 aliphatic carbocycles. The molecule has 1 atom stereocenters. The summed E-state index contributed by atoms with van der Waals surface area (Å²) in [6.07, 6.45) is 1.93. The zero-order chi connectivity index (χ0) is 19.9. The minimum absolute atomic E-state index is 0.266. The van der Waals surface area contributed by atoms with E-state index in [4.69, 9.17) is 11.6 Å². The Bertz CT molecular complexity index is 1020. The number of carbonyl (C=O) groups is 2. The quantitative estimate of drug-likeness (QED) is 0.494. The first kappa shape index (κ1) is 19.6. The van der Waals surface area contributed by atoms with E-state index in [1.807, 2.05) is 30.3 Å². The fourth-order valence-corrected chi connectivity index (χ4v) is 3.05. The maximum Gasteiger partial charge on any atom is 0.251 e. The zero-order valence-corrected chi connectivity index (χ0v) is 15.8. The molecular formula is C22H19ClN2O3. The number of pyridine rings is 1. The van der Waals surface area contributed by atoms with Gasteiger partial charge < -0.3 is 5.32 Å². The van der Waals surface area contributed by atoms with Gasteiger partial charge in [0.25, 0.3) is 11.5 Å². The molecule has 2 aromatic carbocycles. The lowest BCUT2D eigenvalue weighted by Crippen LogP contribution is -2.41. The van der Waals surface area contributed by atoms with E-state index in [0.29, 0.717) is 18.5 Å². The van der Waals surface area contributed by atoms with Gasteiger partial charge in [-0.2, -0.15) is 0 Å². The number of hydrogen-bond donors (Lipinski definition) is 1. The molecule has 6 heteroatoms. The van der Waals surface area contributed by atoms with E-state index >= 15 is 0 Å². The SMILES string of the molecule is O=C(NCCc1ccccc1)[C@H](C(=O)c1ccccc1)n1cc(Cl)ccc1=O. The summed E-state index contributed by atoms with van der Waals surface area (Å²) in [4.78, 5) is 38.2. The Balaban J connectivity index is 1.85. The largest absolute Gasteiger partial charge is 0.354 e. The minimum atomic E-state index is -1.33. The normalized spacial score (nSPS) is 11.6. The highest BCUT2D eigenvalue weighted by Crippen LogP contribution is 2.16. The van der Waals surface area contributed by atoms with Gasteiger partial charge in [-0.05, 0) is 18.1 Å². The van der Waals surface area contributed by atoms with Gasteiger partial charge in [0.15, 0.2) is 11.8 Å². The third kappa shape index (κ3) is 4.75. The van der Waals surface area contributed by atoms with Crippen LogP contribution >= 0.6 is 11.6 Å². The third-order valence-corrected chi connectivity index (χ3v) is 4.51. The van der Waals surface area contributed by atoms with Crippen LogP contribution in [-0.2, 0) is 11.2 Å². The minimum Gasteiger partial charge on any atom is -0.354 e. The number of halogens is 1. The molecule has 0 aliphatic heterocycles. The van der Waals surface area contributed by atoms with Crippen molar-refractivity contribution in [3.63, 3.8) is 0 Å². The molecule has 3 aromatic rings. The van der Waals surface area contributed by atoms with Gasteiger partial charge in [0, 0.05) is 24.4 Å². The summed E-state index contributed by atoms with van der Waals surface area (Å²) < 4.78 is 1.08. The Morgan fingerprint density at radius 2 is 1.57 bits per heavy atom. The lowest BCUT2D eigenvalue weighted by molar-refractivity contribution is -0.123. The molecule has 0 aliphatic rings. The van der Waals surface area contributed by atoms with Gasteiger partial charge in [-0.25, -0.2) is 0 Å². The second-order valence-electron chi connectivity index (χ2n) is 6.25.